The second-order valence-electron chi connectivity index (χ2n) is 7.22. The Morgan fingerprint density at radius 3 is 2.26 bits per heavy atom. The maximum atomic E-state index is 12.6. The van der Waals surface area contributed by atoms with Gasteiger partial charge in [-0.15, -0.1) is 0 Å². The van der Waals surface area contributed by atoms with Gasteiger partial charge in [-0.3, -0.25) is 9.59 Å². The van der Waals surface area contributed by atoms with Crippen molar-refractivity contribution in [1.82, 2.24) is 5.32 Å². The number of anilines is 1. The highest BCUT2D eigenvalue weighted by Crippen LogP contribution is 2.19. The number of nitrogens with one attached hydrogen (secondary N) is 2. The minimum absolute atomic E-state index is 0.206. The molecule has 2 amide bonds. The molecule has 0 radical (unpaired) electrons. The molecular formula is C22H28N2O3. The minimum atomic E-state index is -0.696. The van der Waals surface area contributed by atoms with Crippen molar-refractivity contribution >= 4 is 17.5 Å². The summed E-state index contributed by atoms with van der Waals surface area (Å²) >= 11 is 0. The molecule has 1 atom stereocenters. The molecule has 0 aliphatic carbocycles. The van der Waals surface area contributed by atoms with Gasteiger partial charge in [0.15, 0.2) is 6.10 Å². The number of carbonyl (C=O) groups is 2. The van der Waals surface area contributed by atoms with E-state index in [1.807, 2.05) is 45.9 Å². The van der Waals surface area contributed by atoms with Crippen LogP contribution in [-0.2, 0) is 4.79 Å². The fourth-order valence-electron chi connectivity index (χ4n) is 2.68. The molecule has 144 valence electrons. The molecule has 0 unspecified atom stereocenters. The first-order valence-electron chi connectivity index (χ1n) is 9.19. The first-order chi connectivity index (χ1) is 12.8. The van der Waals surface area contributed by atoms with Gasteiger partial charge in [-0.05, 0) is 62.1 Å². The number of aryl methyl sites for hydroxylation is 2. The molecule has 2 aromatic carbocycles. The topological polar surface area (TPSA) is 67.4 Å². The third-order valence-corrected chi connectivity index (χ3v) is 3.98. The molecule has 0 bridgehead atoms. The molecule has 2 N–H and O–H groups in total. The van der Waals surface area contributed by atoms with Gasteiger partial charge in [0.2, 0.25) is 0 Å². The van der Waals surface area contributed by atoms with E-state index in [2.05, 4.69) is 10.6 Å². The third-order valence-electron chi connectivity index (χ3n) is 3.98. The Morgan fingerprint density at radius 1 is 1.00 bits per heavy atom. The molecule has 2 rings (SSSR count). The molecule has 0 aliphatic heterocycles. The lowest BCUT2D eigenvalue weighted by atomic mass is 10.1. The molecule has 0 spiro atoms. The van der Waals surface area contributed by atoms with Crippen LogP contribution in [0.15, 0.2) is 42.5 Å². The highest BCUT2D eigenvalue weighted by atomic mass is 16.5. The summed E-state index contributed by atoms with van der Waals surface area (Å²) in [7, 11) is 0. The summed E-state index contributed by atoms with van der Waals surface area (Å²) in [5.74, 6) is 0.487. The number of amides is 2. The van der Waals surface area contributed by atoms with E-state index in [9.17, 15) is 9.59 Å². The van der Waals surface area contributed by atoms with Crippen LogP contribution in [0, 0.1) is 19.8 Å². The van der Waals surface area contributed by atoms with Crippen molar-refractivity contribution in [3.8, 4) is 5.75 Å². The predicted molar refractivity (Wildman–Crippen MR) is 108 cm³/mol. The zero-order valence-electron chi connectivity index (χ0n) is 16.6. The smallest absolute Gasteiger partial charge is 0.265 e. The van der Waals surface area contributed by atoms with Gasteiger partial charge in [-0.1, -0.05) is 32.0 Å². The fourth-order valence-corrected chi connectivity index (χ4v) is 2.68. The maximum absolute atomic E-state index is 12.6. The van der Waals surface area contributed by atoms with E-state index in [4.69, 9.17) is 4.74 Å². The number of ether oxygens (including phenoxy) is 1. The zero-order valence-corrected chi connectivity index (χ0v) is 16.6. The molecular weight excluding hydrogens is 340 g/mol. The molecule has 0 saturated heterocycles. The Morgan fingerprint density at radius 2 is 1.63 bits per heavy atom. The minimum Gasteiger partial charge on any atom is -0.481 e. The summed E-state index contributed by atoms with van der Waals surface area (Å²) in [4.78, 5) is 25.0. The first kappa shape index (κ1) is 20.5. The van der Waals surface area contributed by atoms with Crippen molar-refractivity contribution in [2.24, 2.45) is 5.92 Å². The summed E-state index contributed by atoms with van der Waals surface area (Å²) in [5.41, 5.74) is 3.05. The monoisotopic (exact) mass is 368 g/mol. The summed E-state index contributed by atoms with van der Waals surface area (Å²) in [5, 5.41) is 5.68. The van der Waals surface area contributed by atoms with Crippen molar-refractivity contribution in [2.45, 2.75) is 40.7 Å². The fraction of sp³-hybridized carbons (Fsp3) is 0.364. The third kappa shape index (κ3) is 6.13. The molecule has 0 saturated carbocycles. The Balaban J connectivity index is 2.07. The van der Waals surface area contributed by atoms with Gasteiger partial charge < -0.3 is 15.4 Å². The van der Waals surface area contributed by atoms with Crippen LogP contribution in [0.5, 0.6) is 5.75 Å². The van der Waals surface area contributed by atoms with E-state index in [1.165, 1.54) is 0 Å². The number of hydrogen-bond donors (Lipinski definition) is 2. The van der Waals surface area contributed by atoms with Gasteiger partial charge in [0.25, 0.3) is 11.8 Å². The number of carbonyl (C=O) groups excluding carboxylic acids is 2. The van der Waals surface area contributed by atoms with Gasteiger partial charge in [-0.2, -0.15) is 0 Å². The van der Waals surface area contributed by atoms with Crippen LogP contribution in [0.2, 0.25) is 0 Å². The molecule has 0 heterocycles. The Hall–Kier alpha value is -2.82. The van der Waals surface area contributed by atoms with Crippen molar-refractivity contribution in [2.75, 3.05) is 11.9 Å². The van der Waals surface area contributed by atoms with Crippen LogP contribution >= 0.6 is 0 Å². The lowest BCUT2D eigenvalue weighted by Gasteiger charge is -2.17. The van der Waals surface area contributed by atoms with Crippen LogP contribution in [-0.4, -0.2) is 24.5 Å². The van der Waals surface area contributed by atoms with E-state index in [0.717, 1.165) is 11.1 Å². The quantitative estimate of drug-likeness (QED) is 0.773. The van der Waals surface area contributed by atoms with E-state index in [0.29, 0.717) is 29.5 Å². The zero-order chi connectivity index (χ0) is 20.0. The van der Waals surface area contributed by atoms with Gasteiger partial charge in [0.05, 0.1) is 11.3 Å². The maximum Gasteiger partial charge on any atom is 0.265 e. The van der Waals surface area contributed by atoms with Gasteiger partial charge >= 0.3 is 0 Å². The molecule has 27 heavy (non-hydrogen) atoms. The van der Waals surface area contributed by atoms with E-state index in [-0.39, 0.29) is 11.8 Å². The Kier molecular flexibility index (Phi) is 6.99. The first-order valence-corrected chi connectivity index (χ1v) is 9.19. The number of rotatable bonds is 7. The van der Waals surface area contributed by atoms with Crippen molar-refractivity contribution in [3.63, 3.8) is 0 Å². The van der Waals surface area contributed by atoms with E-state index < -0.39 is 6.10 Å². The lowest BCUT2D eigenvalue weighted by molar-refractivity contribution is -0.122. The Bertz CT molecular complexity index is 795. The molecule has 5 heteroatoms. The second kappa shape index (κ2) is 9.21. The largest absolute Gasteiger partial charge is 0.481 e. The summed E-state index contributed by atoms with van der Waals surface area (Å²) in [6.45, 7) is 10.3. The molecule has 5 nitrogen and oxygen atoms in total. The highest BCUT2D eigenvalue weighted by Gasteiger charge is 2.18. The van der Waals surface area contributed by atoms with Crippen LogP contribution in [0.3, 0.4) is 0 Å². The average molecular weight is 368 g/mol. The van der Waals surface area contributed by atoms with E-state index >= 15 is 0 Å². The van der Waals surface area contributed by atoms with Crippen LogP contribution in [0.25, 0.3) is 0 Å². The molecule has 0 aromatic heterocycles. The lowest BCUT2D eigenvalue weighted by Crippen LogP contribution is -2.32. The van der Waals surface area contributed by atoms with Crippen LogP contribution in [0.4, 0.5) is 5.69 Å². The Labute approximate surface area is 161 Å². The second-order valence-corrected chi connectivity index (χ2v) is 7.22. The molecule has 0 aliphatic rings. The SMILES string of the molecule is Cc1cc(C)cc(O[C@H](C)C(=O)Nc2ccccc2C(=O)NCC(C)C)c1. The van der Waals surface area contributed by atoms with Crippen molar-refractivity contribution in [3.05, 3.63) is 59.2 Å². The summed E-state index contributed by atoms with van der Waals surface area (Å²) in [6.07, 6.45) is -0.696. The van der Waals surface area contributed by atoms with Crippen LogP contribution < -0.4 is 15.4 Å². The van der Waals surface area contributed by atoms with E-state index in [1.54, 1.807) is 31.2 Å². The number of para-hydroxylation sites is 1. The van der Waals surface area contributed by atoms with Crippen molar-refractivity contribution in [1.29, 1.82) is 0 Å². The van der Waals surface area contributed by atoms with Crippen molar-refractivity contribution < 1.29 is 14.3 Å². The normalized spacial score (nSPS) is 11.8. The number of hydrogen-bond acceptors (Lipinski definition) is 3. The molecule has 2 aromatic rings. The summed E-state index contributed by atoms with van der Waals surface area (Å²) < 4.78 is 5.78. The highest BCUT2D eigenvalue weighted by molar-refractivity contribution is 6.04. The van der Waals surface area contributed by atoms with Gasteiger partial charge in [0, 0.05) is 6.54 Å². The van der Waals surface area contributed by atoms with Crippen LogP contribution in [0.1, 0.15) is 42.3 Å². The average Bonchev–Trinajstić information content (AvgIpc) is 2.59. The van der Waals surface area contributed by atoms with Gasteiger partial charge in [-0.25, -0.2) is 0 Å². The predicted octanol–water partition coefficient (Wildman–Crippen LogP) is 4.10. The standard InChI is InChI=1S/C22H28N2O3/c1-14(2)13-23-22(26)19-8-6-7-9-20(19)24-21(25)17(5)27-18-11-15(3)10-16(4)12-18/h6-12,14,17H,13H2,1-5H3,(H,23,26)(H,24,25)/t17-/m1/s1. The summed E-state index contributed by atoms with van der Waals surface area (Å²) in [6, 6.07) is 12.8. The van der Waals surface area contributed by atoms with Gasteiger partial charge in [0.1, 0.15) is 5.75 Å². The number of benzene rings is 2. The molecule has 0 fully saturated rings.